The third-order valence-corrected chi connectivity index (χ3v) is 3.78. The molecule has 1 unspecified atom stereocenters. The molecule has 0 bridgehead atoms. The highest BCUT2D eigenvalue weighted by molar-refractivity contribution is 5.96. The van der Waals surface area contributed by atoms with Crippen LogP contribution in [-0.2, 0) is 4.79 Å². The summed E-state index contributed by atoms with van der Waals surface area (Å²) in [7, 11) is 0. The first-order chi connectivity index (χ1) is 9.61. The number of anilines is 1. The van der Waals surface area contributed by atoms with Crippen molar-refractivity contribution in [3.8, 4) is 0 Å². The predicted molar refractivity (Wildman–Crippen MR) is 78.5 cm³/mol. The van der Waals surface area contributed by atoms with E-state index in [-0.39, 0.29) is 12.3 Å². The molecule has 1 aliphatic rings. The number of aliphatic hydroxyl groups excluding tert-OH is 2. The van der Waals surface area contributed by atoms with Crippen LogP contribution in [0.3, 0.4) is 0 Å². The van der Waals surface area contributed by atoms with Crippen molar-refractivity contribution in [3.63, 3.8) is 0 Å². The Morgan fingerprint density at radius 1 is 1.30 bits per heavy atom. The lowest BCUT2D eigenvalue weighted by molar-refractivity contribution is -0.117. The zero-order valence-electron chi connectivity index (χ0n) is 12.0. The molecule has 1 aromatic carbocycles. The standard InChI is InChI=1S/C16H23NO3/c1-2-3-4-5-15(19)12-6-8-13(9-7-12)17-11-14(18)10-16(17)20/h6-9,14-15,18-19H,2-5,10-11H2,1H3/t14-,15?/m1/s1. The Kier molecular flexibility index (Phi) is 5.15. The predicted octanol–water partition coefficient (Wildman–Crippen LogP) is 2.40. The summed E-state index contributed by atoms with van der Waals surface area (Å²) in [6, 6.07) is 7.41. The molecule has 0 aromatic heterocycles. The van der Waals surface area contributed by atoms with E-state index in [2.05, 4.69) is 6.92 Å². The van der Waals surface area contributed by atoms with Crippen molar-refractivity contribution in [2.45, 2.75) is 51.2 Å². The molecule has 0 aliphatic carbocycles. The number of carbonyl (C=O) groups is 1. The van der Waals surface area contributed by atoms with Crippen molar-refractivity contribution >= 4 is 11.6 Å². The molecule has 2 rings (SSSR count). The van der Waals surface area contributed by atoms with Gasteiger partial charge < -0.3 is 15.1 Å². The fourth-order valence-corrected chi connectivity index (χ4v) is 2.57. The monoisotopic (exact) mass is 277 g/mol. The molecule has 2 N–H and O–H groups in total. The Balaban J connectivity index is 1.97. The number of hydrogen-bond acceptors (Lipinski definition) is 3. The van der Waals surface area contributed by atoms with Crippen LogP contribution in [0.15, 0.2) is 24.3 Å². The molecule has 1 aliphatic heterocycles. The van der Waals surface area contributed by atoms with Gasteiger partial charge in [0.1, 0.15) is 0 Å². The molecule has 1 amide bonds. The van der Waals surface area contributed by atoms with Crippen LogP contribution in [0.2, 0.25) is 0 Å². The molecule has 0 radical (unpaired) electrons. The summed E-state index contributed by atoms with van der Waals surface area (Å²) in [6.07, 6.45) is 3.27. The Morgan fingerprint density at radius 3 is 2.55 bits per heavy atom. The number of unbranched alkanes of at least 4 members (excludes halogenated alkanes) is 2. The van der Waals surface area contributed by atoms with Gasteiger partial charge in [0.25, 0.3) is 0 Å². The van der Waals surface area contributed by atoms with E-state index in [0.717, 1.165) is 36.9 Å². The second kappa shape index (κ2) is 6.86. The molecule has 1 aromatic rings. The van der Waals surface area contributed by atoms with Crippen LogP contribution < -0.4 is 4.90 Å². The van der Waals surface area contributed by atoms with Crippen LogP contribution in [0, 0.1) is 0 Å². The number of aliphatic hydroxyl groups is 2. The number of amides is 1. The van der Waals surface area contributed by atoms with Gasteiger partial charge in [-0.15, -0.1) is 0 Å². The van der Waals surface area contributed by atoms with Crippen molar-refractivity contribution < 1.29 is 15.0 Å². The largest absolute Gasteiger partial charge is 0.391 e. The molecule has 0 spiro atoms. The summed E-state index contributed by atoms with van der Waals surface area (Å²) in [6.45, 7) is 2.50. The second-order valence-corrected chi connectivity index (χ2v) is 5.47. The van der Waals surface area contributed by atoms with Crippen molar-refractivity contribution in [2.75, 3.05) is 11.4 Å². The van der Waals surface area contributed by atoms with Crippen LogP contribution in [0.5, 0.6) is 0 Å². The van der Waals surface area contributed by atoms with Crippen molar-refractivity contribution in [3.05, 3.63) is 29.8 Å². The van der Waals surface area contributed by atoms with Gasteiger partial charge in [-0.2, -0.15) is 0 Å². The zero-order chi connectivity index (χ0) is 14.5. The highest BCUT2D eigenvalue weighted by Crippen LogP contribution is 2.25. The number of rotatable bonds is 6. The number of hydrogen-bond donors (Lipinski definition) is 2. The summed E-state index contributed by atoms with van der Waals surface area (Å²) in [5, 5.41) is 19.6. The Hall–Kier alpha value is -1.39. The highest BCUT2D eigenvalue weighted by Gasteiger charge is 2.28. The molecule has 1 saturated heterocycles. The van der Waals surface area contributed by atoms with Crippen LogP contribution in [0.4, 0.5) is 5.69 Å². The molecular formula is C16H23NO3. The third-order valence-electron chi connectivity index (χ3n) is 3.78. The lowest BCUT2D eigenvalue weighted by Gasteiger charge is -2.17. The van der Waals surface area contributed by atoms with Gasteiger partial charge in [-0.1, -0.05) is 38.3 Å². The number of nitrogens with zero attached hydrogens (tertiary/aromatic N) is 1. The SMILES string of the molecule is CCCCCC(O)c1ccc(N2C[C@H](O)CC2=O)cc1. The molecule has 4 nitrogen and oxygen atoms in total. The van der Waals surface area contributed by atoms with Crippen LogP contribution >= 0.6 is 0 Å². The topological polar surface area (TPSA) is 60.8 Å². The molecule has 110 valence electrons. The minimum absolute atomic E-state index is 0.0475. The molecule has 0 saturated carbocycles. The lowest BCUT2D eigenvalue weighted by atomic mass is 10.0. The van der Waals surface area contributed by atoms with Gasteiger partial charge in [0, 0.05) is 5.69 Å². The molecule has 4 heteroatoms. The fourth-order valence-electron chi connectivity index (χ4n) is 2.57. The Labute approximate surface area is 120 Å². The summed E-state index contributed by atoms with van der Waals surface area (Å²) >= 11 is 0. The van der Waals surface area contributed by atoms with E-state index >= 15 is 0 Å². The first kappa shape index (κ1) is 15.0. The normalized spacial score (nSPS) is 20.4. The van der Waals surface area contributed by atoms with E-state index in [1.165, 1.54) is 0 Å². The maximum atomic E-state index is 11.7. The zero-order valence-corrected chi connectivity index (χ0v) is 12.0. The first-order valence-corrected chi connectivity index (χ1v) is 7.38. The molecule has 1 fully saturated rings. The molecule has 1 heterocycles. The van der Waals surface area contributed by atoms with E-state index in [9.17, 15) is 15.0 Å². The summed E-state index contributed by atoms with van der Waals surface area (Å²) in [5.41, 5.74) is 1.67. The van der Waals surface area contributed by atoms with E-state index < -0.39 is 12.2 Å². The fraction of sp³-hybridized carbons (Fsp3) is 0.562. The highest BCUT2D eigenvalue weighted by atomic mass is 16.3. The summed E-state index contributed by atoms with van der Waals surface area (Å²) < 4.78 is 0. The summed E-state index contributed by atoms with van der Waals surface area (Å²) in [4.78, 5) is 13.3. The van der Waals surface area contributed by atoms with Gasteiger partial charge in [0.05, 0.1) is 25.2 Å². The smallest absolute Gasteiger partial charge is 0.229 e. The van der Waals surface area contributed by atoms with Crippen LogP contribution in [0.1, 0.15) is 50.7 Å². The molecule has 20 heavy (non-hydrogen) atoms. The molecular weight excluding hydrogens is 254 g/mol. The number of carbonyl (C=O) groups excluding carboxylic acids is 1. The van der Waals surface area contributed by atoms with E-state index in [1.54, 1.807) is 4.90 Å². The molecule has 2 atom stereocenters. The van der Waals surface area contributed by atoms with Crippen molar-refractivity contribution in [2.24, 2.45) is 0 Å². The van der Waals surface area contributed by atoms with E-state index in [1.807, 2.05) is 24.3 Å². The Bertz CT molecular complexity index is 444. The minimum atomic E-state index is -0.568. The van der Waals surface area contributed by atoms with Gasteiger partial charge in [-0.05, 0) is 24.1 Å². The van der Waals surface area contributed by atoms with Gasteiger partial charge in [-0.25, -0.2) is 0 Å². The number of benzene rings is 1. The van der Waals surface area contributed by atoms with Crippen LogP contribution in [-0.4, -0.2) is 28.8 Å². The van der Waals surface area contributed by atoms with Crippen molar-refractivity contribution in [1.82, 2.24) is 0 Å². The minimum Gasteiger partial charge on any atom is -0.391 e. The first-order valence-electron chi connectivity index (χ1n) is 7.38. The van der Waals surface area contributed by atoms with Crippen molar-refractivity contribution in [1.29, 1.82) is 0 Å². The Morgan fingerprint density at radius 2 is 2.00 bits per heavy atom. The average molecular weight is 277 g/mol. The van der Waals surface area contributed by atoms with Gasteiger partial charge in [-0.3, -0.25) is 4.79 Å². The average Bonchev–Trinajstić information content (AvgIpc) is 2.78. The third kappa shape index (κ3) is 3.58. The lowest BCUT2D eigenvalue weighted by Crippen LogP contribution is -2.25. The van der Waals surface area contributed by atoms with E-state index in [4.69, 9.17) is 0 Å². The summed E-state index contributed by atoms with van der Waals surface area (Å²) in [5.74, 6) is -0.0475. The maximum Gasteiger partial charge on any atom is 0.229 e. The van der Waals surface area contributed by atoms with Crippen LogP contribution in [0.25, 0.3) is 0 Å². The number of β-amino-alcohol motifs (C(OH)–C–C–N with tert-alkyl or cyclic N) is 1. The van der Waals surface area contributed by atoms with E-state index in [0.29, 0.717) is 6.54 Å². The second-order valence-electron chi connectivity index (χ2n) is 5.47. The maximum absolute atomic E-state index is 11.7. The van der Waals surface area contributed by atoms with Gasteiger partial charge in [0.15, 0.2) is 0 Å². The van der Waals surface area contributed by atoms with Gasteiger partial charge >= 0.3 is 0 Å². The quantitative estimate of drug-likeness (QED) is 0.785. The van der Waals surface area contributed by atoms with Gasteiger partial charge in [0.2, 0.25) is 5.91 Å².